The highest BCUT2D eigenvalue weighted by atomic mass is 16.5. The fourth-order valence-electron chi connectivity index (χ4n) is 9.38. The molecule has 0 aliphatic rings. The average Bonchev–Trinajstić information content (AvgIpc) is 3.38. The van der Waals surface area contributed by atoms with Crippen LogP contribution in [0.5, 0.6) is 11.5 Å². The molecule has 416 valence electrons. The molecular weight excluding hydrogens is 933 g/mol. The molecule has 2 aromatic carbocycles. The number of nitriles is 1. The number of rotatable bonds is 48. The molecule has 0 aliphatic carbocycles. The number of amides is 1. The van der Waals surface area contributed by atoms with Crippen LogP contribution in [0.1, 0.15) is 232 Å². The predicted molar refractivity (Wildman–Crippen MR) is 303 cm³/mol. The van der Waals surface area contributed by atoms with E-state index in [2.05, 4.69) is 48.9 Å². The number of ether oxygens (including phenoxy) is 2. The average molecular weight is 1030 g/mol. The van der Waals surface area contributed by atoms with Crippen molar-refractivity contribution in [2.45, 2.75) is 227 Å². The van der Waals surface area contributed by atoms with Gasteiger partial charge in [-0.25, -0.2) is 0 Å². The predicted octanol–water partition coefficient (Wildman–Crippen LogP) is 15.6. The van der Waals surface area contributed by atoms with Gasteiger partial charge in [-0.2, -0.15) is 5.26 Å². The van der Waals surface area contributed by atoms with Crippen LogP contribution in [0.25, 0.3) is 6.08 Å². The first kappa shape index (κ1) is 64.9. The normalized spacial score (nSPS) is 11.7. The van der Waals surface area contributed by atoms with Crippen LogP contribution in [0, 0.1) is 17.2 Å². The Morgan fingerprint density at radius 1 is 0.581 bits per heavy atom. The van der Waals surface area contributed by atoms with E-state index in [9.17, 15) is 24.4 Å². The van der Waals surface area contributed by atoms with Crippen LogP contribution in [0.15, 0.2) is 42.0 Å². The number of hydrogen-bond acceptors (Lipinski definition) is 9. The molecule has 1 amide bonds. The lowest BCUT2D eigenvalue weighted by molar-refractivity contribution is -0.138. The van der Waals surface area contributed by atoms with Gasteiger partial charge in [0.1, 0.15) is 23.1 Å². The number of carboxylic acids is 3. The summed E-state index contributed by atoms with van der Waals surface area (Å²) in [6.45, 7) is 13.1. The summed E-state index contributed by atoms with van der Waals surface area (Å²) in [5.41, 5.74) is 3.20. The van der Waals surface area contributed by atoms with Crippen LogP contribution in [-0.4, -0.2) is 78.5 Å². The van der Waals surface area contributed by atoms with E-state index in [1.165, 1.54) is 0 Å². The monoisotopic (exact) mass is 1030 g/mol. The maximum absolute atomic E-state index is 14.0. The van der Waals surface area contributed by atoms with Gasteiger partial charge in [0.25, 0.3) is 5.91 Å². The fraction of sp³-hybridized carbons (Fsp3) is 0.689. The number of unbranched alkanes of at least 4 members (excludes halogenated alkanes) is 22. The minimum atomic E-state index is -0.734. The second-order valence-corrected chi connectivity index (χ2v) is 20.2. The van der Waals surface area contributed by atoms with Crippen molar-refractivity contribution in [3.63, 3.8) is 0 Å². The minimum Gasteiger partial charge on any atom is -0.493 e. The molecule has 0 aliphatic heterocycles. The quantitative estimate of drug-likeness (QED) is 0.0279. The molecule has 2 aromatic rings. The molecule has 13 heteroatoms. The van der Waals surface area contributed by atoms with Crippen molar-refractivity contribution in [2.75, 3.05) is 54.5 Å². The molecule has 4 N–H and O–H groups in total. The van der Waals surface area contributed by atoms with E-state index >= 15 is 0 Å². The van der Waals surface area contributed by atoms with Crippen molar-refractivity contribution in [3.8, 4) is 17.6 Å². The lowest BCUT2D eigenvalue weighted by Gasteiger charge is -2.28. The van der Waals surface area contributed by atoms with Crippen LogP contribution in [0.2, 0.25) is 0 Å². The van der Waals surface area contributed by atoms with Gasteiger partial charge in [0.15, 0.2) is 0 Å². The van der Waals surface area contributed by atoms with E-state index in [-0.39, 0.29) is 24.8 Å². The van der Waals surface area contributed by atoms with Gasteiger partial charge in [-0.1, -0.05) is 149 Å². The van der Waals surface area contributed by atoms with E-state index in [0.717, 1.165) is 217 Å². The second-order valence-electron chi connectivity index (χ2n) is 20.2. The molecule has 0 aromatic heterocycles. The van der Waals surface area contributed by atoms with Crippen molar-refractivity contribution < 1.29 is 44.0 Å². The molecule has 1 atom stereocenters. The Labute approximate surface area is 446 Å². The molecule has 0 fully saturated rings. The summed E-state index contributed by atoms with van der Waals surface area (Å²) in [7, 11) is 0. The van der Waals surface area contributed by atoms with Crippen molar-refractivity contribution in [1.29, 1.82) is 5.26 Å². The lowest BCUT2D eigenvalue weighted by Crippen LogP contribution is -2.26. The lowest BCUT2D eigenvalue weighted by atomic mass is 10.0. The number of anilines is 3. The fourth-order valence-corrected chi connectivity index (χ4v) is 9.38. The van der Waals surface area contributed by atoms with E-state index in [1.54, 1.807) is 6.08 Å². The molecule has 0 spiro atoms. The van der Waals surface area contributed by atoms with E-state index < -0.39 is 23.8 Å². The highest BCUT2D eigenvalue weighted by Gasteiger charge is 2.18. The number of carbonyl (C=O) groups is 4. The molecule has 0 saturated heterocycles. The number of nitrogens with zero attached hydrogens (tertiary/aromatic N) is 3. The number of hydrogen-bond donors (Lipinski definition) is 4. The van der Waals surface area contributed by atoms with Crippen LogP contribution in [0.4, 0.5) is 17.1 Å². The highest BCUT2D eigenvalue weighted by molar-refractivity contribution is 6.10. The van der Waals surface area contributed by atoms with Crippen molar-refractivity contribution in [3.05, 3.63) is 47.5 Å². The second kappa shape index (κ2) is 42.0. The standard InChI is InChI=1S/C61H98N4O9/c1-5-9-34-50(6-2)49-74-56-47-54(64(7-3)8-4)40-38-51(56)45-52(48-62)61(72)63-53-39-41-55(57(46-53)73-44-33-27-21-15-12-18-24-30-37-60(70)71)65(42-31-25-19-13-10-16-22-28-35-58(66)67)43-32-26-20-14-11-17-23-29-36-59(68)69/h38-41,45-47,50H,5-37,42-44,49H2,1-4H3,(H,63,72)(H,66,67)(H,68,69)(H,70,71). The summed E-state index contributed by atoms with van der Waals surface area (Å²) >= 11 is 0. The van der Waals surface area contributed by atoms with Crippen LogP contribution in [-0.2, 0) is 19.2 Å². The van der Waals surface area contributed by atoms with Crippen molar-refractivity contribution in [2.24, 2.45) is 5.92 Å². The van der Waals surface area contributed by atoms with Gasteiger partial charge >= 0.3 is 17.9 Å². The van der Waals surface area contributed by atoms with Crippen LogP contribution >= 0.6 is 0 Å². The summed E-state index contributed by atoms with van der Waals surface area (Å²) in [5.74, 6) is -0.942. The van der Waals surface area contributed by atoms with E-state index in [1.807, 2.05) is 36.4 Å². The smallest absolute Gasteiger partial charge is 0.303 e. The van der Waals surface area contributed by atoms with Gasteiger partial charge in [-0.05, 0) is 95.1 Å². The first-order valence-electron chi connectivity index (χ1n) is 29.1. The molecule has 0 saturated carbocycles. The summed E-state index contributed by atoms with van der Waals surface area (Å²) in [6.07, 6.45) is 31.0. The summed E-state index contributed by atoms with van der Waals surface area (Å²) in [5, 5.41) is 40.3. The zero-order valence-corrected chi connectivity index (χ0v) is 46.4. The Morgan fingerprint density at radius 3 is 1.53 bits per heavy atom. The molecule has 74 heavy (non-hydrogen) atoms. The maximum Gasteiger partial charge on any atom is 0.303 e. The third kappa shape index (κ3) is 30.2. The topological polar surface area (TPSA) is 190 Å². The first-order valence-corrected chi connectivity index (χ1v) is 29.1. The number of benzene rings is 2. The number of aliphatic carboxylic acids is 3. The largest absolute Gasteiger partial charge is 0.493 e. The van der Waals surface area contributed by atoms with Gasteiger partial charge < -0.3 is 39.9 Å². The van der Waals surface area contributed by atoms with Gasteiger partial charge in [-0.15, -0.1) is 0 Å². The molecule has 0 radical (unpaired) electrons. The van der Waals surface area contributed by atoms with Gasteiger partial charge in [0.2, 0.25) is 0 Å². The Hall–Kier alpha value is -5.25. The summed E-state index contributed by atoms with van der Waals surface area (Å²) < 4.78 is 13.2. The number of nitrogens with one attached hydrogen (secondary N) is 1. The molecular formula is C61H98N4O9. The number of carbonyl (C=O) groups excluding carboxylic acids is 1. The highest BCUT2D eigenvalue weighted by Crippen LogP contribution is 2.34. The van der Waals surface area contributed by atoms with Gasteiger partial charge in [0, 0.05) is 74.5 Å². The third-order valence-electron chi connectivity index (χ3n) is 14.0. The maximum atomic E-state index is 14.0. The minimum absolute atomic E-state index is 0.0287. The zero-order valence-electron chi connectivity index (χ0n) is 46.4. The summed E-state index contributed by atoms with van der Waals surface area (Å²) in [4.78, 5) is 51.4. The molecule has 0 bridgehead atoms. The van der Waals surface area contributed by atoms with Gasteiger partial charge in [-0.3, -0.25) is 19.2 Å². The zero-order chi connectivity index (χ0) is 54.0. The van der Waals surface area contributed by atoms with Crippen LogP contribution in [0.3, 0.4) is 0 Å². The Bertz CT molecular complexity index is 1890. The SMILES string of the molecule is CCCCC(CC)COc1cc(N(CC)CC)ccc1C=C(C#N)C(=O)Nc1ccc(N(CCCCCCCCCCC(=O)O)CCCCCCCCCCC(=O)O)c(OCCCCCCCCCCC(=O)O)c1. The van der Waals surface area contributed by atoms with Gasteiger partial charge in [0.05, 0.1) is 18.9 Å². The van der Waals surface area contributed by atoms with E-state index in [4.69, 9.17) is 24.8 Å². The van der Waals surface area contributed by atoms with Crippen molar-refractivity contribution >= 4 is 47.0 Å². The van der Waals surface area contributed by atoms with E-state index in [0.29, 0.717) is 41.9 Å². The van der Waals surface area contributed by atoms with Crippen molar-refractivity contribution in [1.82, 2.24) is 0 Å². The Kier molecular flexibility index (Phi) is 36.8. The molecule has 1 unspecified atom stereocenters. The number of carboxylic acid groups (broad SMARTS) is 3. The van der Waals surface area contributed by atoms with Crippen LogP contribution < -0.4 is 24.6 Å². The third-order valence-corrected chi connectivity index (χ3v) is 14.0. The molecule has 0 heterocycles. The molecule has 13 nitrogen and oxygen atoms in total. The Morgan fingerprint density at radius 2 is 1.07 bits per heavy atom. The molecule has 2 rings (SSSR count). The Balaban J connectivity index is 2.35. The first-order chi connectivity index (χ1) is 35.9. The summed E-state index contributed by atoms with van der Waals surface area (Å²) in [6, 6.07) is 14.0.